The molecule has 0 radical (unpaired) electrons. The lowest BCUT2D eigenvalue weighted by atomic mass is 10.0. The van der Waals surface area contributed by atoms with Crippen LogP contribution in [0.3, 0.4) is 0 Å². The molecular weight excluding hydrogens is 849 g/mol. The second-order valence-corrected chi connectivity index (χ2v) is 17.7. The molecule has 0 unspecified atom stereocenters. The number of nitrogens with zero attached hydrogens (tertiary/aromatic N) is 4. The van der Waals surface area contributed by atoms with Gasteiger partial charge in [-0.15, -0.1) is 0 Å². The Kier molecular flexibility index (Phi) is 11.4. The Bertz CT molecular complexity index is 3480. The lowest BCUT2D eigenvalue weighted by Crippen LogP contribution is -2.17. The van der Waals surface area contributed by atoms with E-state index in [4.69, 9.17) is 0 Å². The Labute approximate surface area is 410 Å². The van der Waals surface area contributed by atoms with Gasteiger partial charge in [-0.3, -0.25) is 0 Å². The summed E-state index contributed by atoms with van der Waals surface area (Å²) < 4.78 is 0. The molecule has 12 rings (SSSR count). The fraction of sp³-hybridized carbons (Fsp3) is 0.0303. The summed E-state index contributed by atoms with van der Waals surface area (Å²) in [5.74, 6) is 0. The first-order chi connectivity index (χ1) is 34.7. The van der Waals surface area contributed by atoms with Gasteiger partial charge in [0.1, 0.15) is 0 Å². The summed E-state index contributed by atoms with van der Waals surface area (Å²) in [6, 6.07) is 94.1. The highest BCUT2D eigenvalue weighted by molar-refractivity contribution is 6.01. The van der Waals surface area contributed by atoms with Crippen LogP contribution in [0.15, 0.2) is 285 Å². The van der Waals surface area contributed by atoms with Crippen molar-refractivity contribution in [1.29, 1.82) is 0 Å². The van der Waals surface area contributed by atoms with E-state index in [0.717, 1.165) is 75.4 Å². The van der Waals surface area contributed by atoms with Crippen LogP contribution in [-0.4, -0.2) is 0 Å². The predicted octanol–water partition coefficient (Wildman–Crippen LogP) is 18.9. The molecular formula is C66H50N4. The van der Waals surface area contributed by atoms with Crippen molar-refractivity contribution in [2.75, 3.05) is 19.6 Å². The van der Waals surface area contributed by atoms with Crippen molar-refractivity contribution in [2.24, 2.45) is 0 Å². The molecule has 0 atom stereocenters. The van der Waals surface area contributed by atoms with E-state index in [0.29, 0.717) is 0 Å². The standard InChI is InChI=1S/C66H50N4/c1-4-25-52(26-5-1)68(64-34-16-22-49-19-10-13-31-61(49)64)58-43-37-55(38-44-58)67(56-39-45-59(46-40-56)69(53-27-6-2-7-28-53)65-35-17-23-50-20-11-14-32-62(50)65)57-41-47-60(48-42-57)70(54-29-8-3-9-30-54)66-36-18-24-51-21-12-15-33-63(51)66/h1-2,4-8,10-48H,3,9H2. The van der Waals surface area contributed by atoms with Crippen LogP contribution in [0.4, 0.5) is 62.6 Å². The normalized spacial score (nSPS) is 12.2. The highest BCUT2D eigenvalue weighted by Crippen LogP contribution is 2.45. The third-order valence-corrected chi connectivity index (χ3v) is 13.4. The van der Waals surface area contributed by atoms with Crippen molar-refractivity contribution in [2.45, 2.75) is 12.8 Å². The quantitative estimate of drug-likeness (QED) is 0.121. The maximum atomic E-state index is 2.41. The van der Waals surface area contributed by atoms with Crippen LogP contribution >= 0.6 is 0 Å². The first-order valence-corrected chi connectivity index (χ1v) is 24.2. The fourth-order valence-corrected chi connectivity index (χ4v) is 10.1. The smallest absolute Gasteiger partial charge is 0.0540 e. The molecule has 0 saturated carbocycles. The van der Waals surface area contributed by atoms with Crippen LogP contribution < -0.4 is 19.6 Å². The van der Waals surface area contributed by atoms with Crippen LogP contribution in [-0.2, 0) is 0 Å². The molecule has 0 bridgehead atoms. The zero-order chi connectivity index (χ0) is 46.6. The molecule has 0 fully saturated rings. The molecule has 4 nitrogen and oxygen atoms in total. The first-order valence-electron chi connectivity index (χ1n) is 24.2. The first kappa shape index (κ1) is 42.2. The molecule has 0 heterocycles. The summed E-state index contributed by atoms with van der Waals surface area (Å²) in [5, 5.41) is 7.25. The van der Waals surface area contributed by atoms with Crippen LogP contribution in [0.5, 0.6) is 0 Å². The van der Waals surface area contributed by atoms with E-state index in [1.807, 2.05) is 0 Å². The minimum absolute atomic E-state index is 1.01. The molecule has 0 amide bonds. The molecule has 11 aromatic carbocycles. The van der Waals surface area contributed by atoms with Gasteiger partial charge in [0.25, 0.3) is 0 Å². The summed E-state index contributed by atoms with van der Waals surface area (Å²) in [7, 11) is 0. The number of benzene rings is 11. The highest BCUT2D eigenvalue weighted by atomic mass is 15.2. The van der Waals surface area contributed by atoms with Crippen molar-refractivity contribution >= 4 is 94.9 Å². The van der Waals surface area contributed by atoms with Crippen molar-refractivity contribution in [3.05, 3.63) is 285 Å². The van der Waals surface area contributed by atoms with Gasteiger partial charge < -0.3 is 19.6 Å². The van der Waals surface area contributed by atoms with Crippen LogP contribution in [0.1, 0.15) is 12.8 Å². The zero-order valence-electron chi connectivity index (χ0n) is 38.8. The Balaban J connectivity index is 0.981. The Morgan fingerprint density at radius 3 is 0.900 bits per heavy atom. The van der Waals surface area contributed by atoms with Gasteiger partial charge in [0, 0.05) is 67.4 Å². The second-order valence-electron chi connectivity index (χ2n) is 17.7. The number of rotatable bonds is 12. The van der Waals surface area contributed by atoms with E-state index in [1.165, 1.54) is 38.0 Å². The Morgan fingerprint density at radius 2 is 0.529 bits per heavy atom. The van der Waals surface area contributed by atoms with E-state index < -0.39 is 0 Å². The van der Waals surface area contributed by atoms with Crippen molar-refractivity contribution in [3.63, 3.8) is 0 Å². The van der Waals surface area contributed by atoms with Crippen molar-refractivity contribution in [3.8, 4) is 0 Å². The Morgan fingerprint density at radius 1 is 0.229 bits per heavy atom. The molecule has 0 spiro atoms. The largest absolute Gasteiger partial charge is 0.310 e. The monoisotopic (exact) mass is 898 g/mol. The van der Waals surface area contributed by atoms with E-state index in [9.17, 15) is 0 Å². The average Bonchev–Trinajstić information content (AvgIpc) is 3.43. The van der Waals surface area contributed by atoms with Gasteiger partial charge >= 0.3 is 0 Å². The molecule has 0 aliphatic heterocycles. The number of anilines is 11. The second kappa shape index (κ2) is 18.9. The number of hydrogen-bond acceptors (Lipinski definition) is 4. The summed E-state index contributed by atoms with van der Waals surface area (Å²) in [6.07, 6.45) is 8.97. The molecule has 1 aliphatic rings. The lowest BCUT2D eigenvalue weighted by molar-refractivity contribution is 0.998. The summed E-state index contributed by atoms with van der Waals surface area (Å²) in [5.41, 5.74) is 13.2. The SMILES string of the molecule is C1=CC(N(c2ccc(N(c3ccc(N(c4ccccc4)c4cccc5ccccc45)cc3)c3ccc(N(c4ccccc4)c4cccc5ccccc45)cc3)cc2)c2cccc3ccccc23)=CCC1. The minimum Gasteiger partial charge on any atom is -0.310 e. The van der Waals surface area contributed by atoms with E-state index in [2.05, 4.69) is 299 Å². The third kappa shape index (κ3) is 8.12. The molecule has 0 N–H and O–H groups in total. The van der Waals surface area contributed by atoms with E-state index in [-0.39, 0.29) is 0 Å². The fourth-order valence-electron chi connectivity index (χ4n) is 10.1. The number of para-hydroxylation sites is 2. The lowest BCUT2D eigenvalue weighted by Gasteiger charge is -2.31. The highest BCUT2D eigenvalue weighted by Gasteiger charge is 2.22. The molecule has 334 valence electrons. The zero-order valence-corrected chi connectivity index (χ0v) is 38.8. The summed E-state index contributed by atoms with van der Waals surface area (Å²) in [6.45, 7) is 0. The van der Waals surface area contributed by atoms with Crippen molar-refractivity contribution in [1.82, 2.24) is 0 Å². The van der Waals surface area contributed by atoms with E-state index >= 15 is 0 Å². The number of hydrogen-bond donors (Lipinski definition) is 0. The van der Waals surface area contributed by atoms with Crippen LogP contribution in [0.25, 0.3) is 32.3 Å². The predicted molar refractivity (Wildman–Crippen MR) is 298 cm³/mol. The number of allylic oxidation sites excluding steroid dienone is 3. The summed E-state index contributed by atoms with van der Waals surface area (Å²) >= 11 is 0. The molecule has 0 aromatic heterocycles. The molecule has 11 aromatic rings. The van der Waals surface area contributed by atoms with Gasteiger partial charge in [-0.2, -0.15) is 0 Å². The van der Waals surface area contributed by atoms with Crippen LogP contribution in [0, 0.1) is 0 Å². The van der Waals surface area contributed by atoms with Gasteiger partial charge in [-0.1, -0.05) is 158 Å². The molecule has 0 saturated heterocycles. The van der Waals surface area contributed by atoms with Gasteiger partial charge in [0.2, 0.25) is 0 Å². The van der Waals surface area contributed by atoms with Gasteiger partial charge in [-0.05, 0) is 150 Å². The maximum Gasteiger partial charge on any atom is 0.0540 e. The molecule has 1 aliphatic carbocycles. The van der Waals surface area contributed by atoms with E-state index in [1.54, 1.807) is 0 Å². The topological polar surface area (TPSA) is 13.0 Å². The third-order valence-electron chi connectivity index (χ3n) is 13.4. The van der Waals surface area contributed by atoms with Gasteiger partial charge in [-0.25, -0.2) is 0 Å². The Hall–Kier alpha value is -9.12. The molecule has 70 heavy (non-hydrogen) atoms. The van der Waals surface area contributed by atoms with Gasteiger partial charge in [0.15, 0.2) is 0 Å². The van der Waals surface area contributed by atoms with Crippen LogP contribution in [0.2, 0.25) is 0 Å². The van der Waals surface area contributed by atoms with Crippen molar-refractivity contribution < 1.29 is 0 Å². The van der Waals surface area contributed by atoms with Gasteiger partial charge in [0.05, 0.1) is 17.1 Å². The number of fused-ring (bicyclic) bond motifs is 3. The maximum absolute atomic E-state index is 2.41. The molecule has 4 heteroatoms. The average molecular weight is 899 g/mol. The minimum atomic E-state index is 1.01. The summed E-state index contributed by atoms with van der Waals surface area (Å²) in [4.78, 5) is 9.50.